The van der Waals surface area contributed by atoms with Crippen molar-refractivity contribution in [3.05, 3.63) is 21.7 Å². The number of aryl methyl sites for hydroxylation is 1. The zero-order valence-electron chi connectivity index (χ0n) is 8.17. The van der Waals surface area contributed by atoms with Crippen LogP contribution in [0.25, 0.3) is 6.08 Å². The van der Waals surface area contributed by atoms with Gasteiger partial charge >= 0.3 is 0 Å². The fourth-order valence-electron chi connectivity index (χ4n) is 0.996. The van der Waals surface area contributed by atoms with Crippen LogP contribution in [0.2, 0.25) is 0 Å². The lowest BCUT2D eigenvalue weighted by Gasteiger charge is -2.05. The number of halogens is 1. The Morgan fingerprint density at radius 3 is 2.77 bits per heavy atom. The zero-order chi connectivity index (χ0) is 9.84. The van der Waals surface area contributed by atoms with Gasteiger partial charge in [-0.2, -0.15) is 0 Å². The van der Waals surface area contributed by atoms with E-state index in [1.54, 1.807) is 11.3 Å². The highest BCUT2D eigenvalue weighted by Gasteiger charge is 2.03. The third kappa shape index (κ3) is 3.12. The largest absolute Gasteiger partial charge is 0.242 e. The number of allylic oxidation sites excluding steroid dienone is 1. The van der Waals surface area contributed by atoms with Gasteiger partial charge in [0.2, 0.25) is 0 Å². The molecule has 0 aliphatic rings. The number of thiazole rings is 1. The second-order valence-electron chi connectivity index (χ2n) is 3.30. The van der Waals surface area contributed by atoms with Crippen LogP contribution in [0.5, 0.6) is 0 Å². The third-order valence-corrected chi connectivity index (χ3v) is 2.97. The SMILES string of the molecule is Cc1nc(C=C(CCl)C(C)C)cs1. The summed E-state index contributed by atoms with van der Waals surface area (Å²) in [6.07, 6.45) is 2.08. The van der Waals surface area contributed by atoms with Gasteiger partial charge < -0.3 is 0 Å². The Morgan fingerprint density at radius 2 is 2.38 bits per heavy atom. The van der Waals surface area contributed by atoms with Gasteiger partial charge in [-0.15, -0.1) is 22.9 Å². The fraction of sp³-hybridized carbons (Fsp3) is 0.500. The lowest BCUT2D eigenvalue weighted by Crippen LogP contribution is -1.95. The number of hydrogen-bond acceptors (Lipinski definition) is 2. The maximum absolute atomic E-state index is 5.83. The van der Waals surface area contributed by atoms with E-state index in [0.717, 1.165) is 10.7 Å². The Kier molecular flexibility index (Phi) is 3.94. The minimum absolute atomic E-state index is 0.500. The van der Waals surface area contributed by atoms with Crippen LogP contribution in [0.3, 0.4) is 0 Å². The first-order chi connectivity index (χ1) is 6.13. The molecule has 0 N–H and O–H groups in total. The number of nitrogens with zero attached hydrogens (tertiary/aromatic N) is 1. The first-order valence-corrected chi connectivity index (χ1v) is 5.73. The van der Waals surface area contributed by atoms with Crippen LogP contribution in [0, 0.1) is 12.8 Å². The summed E-state index contributed by atoms with van der Waals surface area (Å²) in [5.74, 6) is 1.09. The summed E-state index contributed by atoms with van der Waals surface area (Å²) in [5, 5.41) is 3.16. The molecule has 0 atom stereocenters. The number of hydrogen-bond donors (Lipinski definition) is 0. The van der Waals surface area contributed by atoms with Gasteiger partial charge in [0.05, 0.1) is 10.7 Å². The topological polar surface area (TPSA) is 12.9 Å². The van der Waals surface area contributed by atoms with Crippen molar-refractivity contribution in [2.45, 2.75) is 20.8 Å². The van der Waals surface area contributed by atoms with Gasteiger partial charge in [-0.05, 0) is 18.9 Å². The summed E-state index contributed by atoms with van der Waals surface area (Å²) in [7, 11) is 0. The lowest BCUT2D eigenvalue weighted by atomic mass is 10.0. The quantitative estimate of drug-likeness (QED) is 0.701. The summed E-state index contributed by atoms with van der Waals surface area (Å²) >= 11 is 7.50. The van der Waals surface area contributed by atoms with Gasteiger partial charge in [-0.3, -0.25) is 0 Å². The minimum atomic E-state index is 0.500. The highest BCUT2D eigenvalue weighted by Crippen LogP contribution is 2.17. The molecule has 0 spiro atoms. The standard InChI is InChI=1S/C10H14ClNS/c1-7(2)9(5-11)4-10-6-13-8(3)12-10/h4,6-7H,5H2,1-3H3. The molecule has 0 fully saturated rings. The summed E-state index contributed by atoms with van der Waals surface area (Å²) in [6.45, 7) is 6.30. The van der Waals surface area contributed by atoms with Crippen molar-refractivity contribution in [3.63, 3.8) is 0 Å². The van der Waals surface area contributed by atoms with E-state index in [2.05, 4.69) is 30.3 Å². The minimum Gasteiger partial charge on any atom is -0.242 e. The van der Waals surface area contributed by atoms with E-state index in [1.807, 2.05) is 6.92 Å². The molecular weight excluding hydrogens is 202 g/mol. The Balaban J connectivity index is 2.84. The Hall–Kier alpha value is -0.340. The van der Waals surface area contributed by atoms with Crippen LogP contribution < -0.4 is 0 Å². The van der Waals surface area contributed by atoms with Gasteiger partial charge in [0.1, 0.15) is 0 Å². The van der Waals surface area contributed by atoms with Crippen LogP contribution in [-0.4, -0.2) is 10.9 Å². The third-order valence-electron chi connectivity index (χ3n) is 1.87. The zero-order valence-corrected chi connectivity index (χ0v) is 9.75. The molecule has 13 heavy (non-hydrogen) atoms. The van der Waals surface area contributed by atoms with Gasteiger partial charge in [0, 0.05) is 11.3 Å². The van der Waals surface area contributed by atoms with Crippen LogP contribution >= 0.6 is 22.9 Å². The molecule has 0 radical (unpaired) electrons. The second kappa shape index (κ2) is 4.77. The molecule has 0 unspecified atom stereocenters. The maximum Gasteiger partial charge on any atom is 0.0901 e. The molecule has 0 aromatic carbocycles. The Bertz CT molecular complexity index is 302. The van der Waals surface area contributed by atoms with Crippen molar-refractivity contribution < 1.29 is 0 Å². The van der Waals surface area contributed by atoms with E-state index in [9.17, 15) is 0 Å². The first kappa shape index (κ1) is 10.7. The van der Waals surface area contributed by atoms with Gasteiger partial charge in [0.15, 0.2) is 0 Å². The molecular formula is C10H14ClNS. The predicted octanol–water partition coefficient (Wildman–Crippen LogP) is 3.73. The van der Waals surface area contributed by atoms with E-state index in [4.69, 9.17) is 11.6 Å². The van der Waals surface area contributed by atoms with Crippen molar-refractivity contribution in [1.29, 1.82) is 0 Å². The molecule has 1 rings (SSSR count). The monoisotopic (exact) mass is 215 g/mol. The van der Waals surface area contributed by atoms with E-state index >= 15 is 0 Å². The smallest absolute Gasteiger partial charge is 0.0901 e. The number of rotatable bonds is 3. The van der Waals surface area contributed by atoms with Crippen molar-refractivity contribution in [1.82, 2.24) is 4.98 Å². The van der Waals surface area contributed by atoms with Crippen molar-refractivity contribution >= 4 is 29.0 Å². The molecule has 1 aromatic heterocycles. The highest BCUT2D eigenvalue weighted by atomic mass is 35.5. The van der Waals surface area contributed by atoms with Crippen molar-refractivity contribution in [2.75, 3.05) is 5.88 Å². The molecule has 0 saturated heterocycles. The van der Waals surface area contributed by atoms with E-state index in [0.29, 0.717) is 11.8 Å². The fourth-order valence-corrected chi connectivity index (χ4v) is 1.95. The number of alkyl halides is 1. The van der Waals surface area contributed by atoms with Gasteiger partial charge in [-0.25, -0.2) is 4.98 Å². The summed E-state index contributed by atoms with van der Waals surface area (Å²) < 4.78 is 0. The lowest BCUT2D eigenvalue weighted by molar-refractivity contribution is 0.777. The molecule has 1 nitrogen and oxygen atoms in total. The van der Waals surface area contributed by atoms with E-state index < -0.39 is 0 Å². The normalized spacial score (nSPS) is 12.5. The average Bonchev–Trinajstić information content (AvgIpc) is 2.46. The highest BCUT2D eigenvalue weighted by molar-refractivity contribution is 7.09. The van der Waals surface area contributed by atoms with E-state index in [1.165, 1.54) is 5.57 Å². The molecule has 1 aromatic rings. The number of aromatic nitrogens is 1. The summed E-state index contributed by atoms with van der Waals surface area (Å²) in [4.78, 5) is 4.36. The van der Waals surface area contributed by atoms with Crippen LogP contribution in [0.1, 0.15) is 24.5 Å². The molecule has 0 saturated carbocycles. The predicted molar refractivity (Wildman–Crippen MR) is 60.4 cm³/mol. The summed E-state index contributed by atoms with van der Waals surface area (Å²) in [5.41, 5.74) is 2.28. The van der Waals surface area contributed by atoms with Crippen LogP contribution in [-0.2, 0) is 0 Å². The molecule has 1 heterocycles. The summed E-state index contributed by atoms with van der Waals surface area (Å²) in [6, 6.07) is 0. The molecule has 0 aliphatic heterocycles. The Labute approximate surface area is 88.5 Å². The van der Waals surface area contributed by atoms with E-state index in [-0.39, 0.29) is 0 Å². The molecule has 3 heteroatoms. The average molecular weight is 216 g/mol. The second-order valence-corrected chi connectivity index (χ2v) is 4.63. The van der Waals surface area contributed by atoms with Crippen LogP contribution in [0.4, 0.5) is 0 Å². The molecule has 0 bridgehead atoms. The Morgan fingerprint density at radius 1 is 1.69 bits per heavy atom. The van der Waals surface area contributed by atoms with Gasteiger partial charge in [-0.1, -0.05) is 19.4 Å². The van der Waals surface area contributed by atoms with Crippen molar-refractivity contribution in [3.8, 4) is 0 Å². The molecule has 72 valence electrons. The van der Waals surface area contributed by atoms with Crippen molar-refractivity contribution in [2.24, 2.45) is 5.92 Å². The molecule has 0 aliphatic carbocycles. The van der Waals surface area contributed by atoms with Gasteiger partial charge in [0.25, 0.3) is 0 Å². The first-order valence-electron chi connectivity index (χ1n) is 4.32. The van der Waals surface area contributed by atoms with Crippen LogP contribution in [0.15, 0.2) is 11.0 Å². The maximum atomic E-state index is 5.83. The molecule has 0 amide bonds.